The van der Waals surface area contributed by atoms with Crippen molar-refractivity contribution < 1.29 is 0 Å². The predicted octanol–water partition coefficient (Wildman–Crippen LogP) is 4.20. The fourth-order valence-electron chi connectivity index (χ4n) is 3.74. The molecule has 21 heavy (non-hydrogen) atoms. The summed E-state index contributed by atoms with van der Waals surface area (Å²) in [4.78, 5) is 0. The normalized spacial score (nSPS) is 19.9. The van der Waals surface area contributed by atoms with Crippen LogP contribution >= 0.6 is 0 Å². The van der Waals surface area contributed by atoms with Gasteiger partial charge in [0, 0.05) is 12.2 Å². The van der Waals surface area contributed by atoms with E-state index in [0.717, 1.165) is 13.0 Å². The molecule has 1 fully saturated rings. The summed E-state index contributed by atoms with van der Waals surface area (Å²) in [7, 11) is 0. The molecule has 0 aromatic carbocycles. The van der Waals surface area contributed by atoms with Crippen molar-refractivity contribution in [3.8, 4) is 0 Å². The second kappa shape index (κ2) is 7.98. The highest BCUT2D eigenvalue weighted by molar-refractivity contribution is 5.03. The van der Waals surface area contributed by atoms with E-state index >= 15 is 0 Å². The molecule has 1 saturated carbocycles. The summed E-state index contributed by atoms with van der Waals surface area (Å²) < 4.78 is 2.24. The van der Waals surface area contributed by atoms with Crippen molar-refractivity contribution in [1.29, 1.82) is 0 Å². The van der Waals surface area contributed by atoms with Gasteiger partial charge in [-0.1, -0.05) is 40.0 Å². The summed E-state index contributed by atoms with van der Waals surface area (Å²) in [6, 6.07) is 3.44. The zero-order valence-corrected chi connectivity index (χ0v) is 14.3. The van der Waals surface area contributed by atoms with Crippen LogP contribution in [0.2, 0.25) is 0 Å². The Morgan fingerprint density at radius 3 is 2.57 bits per heavy atom. The number of nitrogens with zero attached hydrogens (tertiary/aromatic N) is 2. The number of rotatable bonds is 7. The summed E-state index contributed by atoms with van der Waals surface area (Å²) in [6.07, 6.45) is 10.1. The van der Waals surface area contributed by atoms with Gasteiger partial charge in [0.15, 0.2) is 0 Å². The van der Waals surface area contributed by atoms with E-state index in [2.05, 4.69) is 50.0 Å². The SMILES string of the molecule is CCNC(C)C(Cc1ccn(C2CCCCC2)n1)C(C)C. The van der Waals surface area contributed by atoms with E-state index in [1.807, 2.05) is 0 Å². The van der Waals surface area contributed by atoms with Crippen LogP contribution in [-0.4, -0.2) is 22.4 Å². The van der Waals surface area contributed by atoms with E-state index in [0.29, 0.717) is 23.9 Å². The monoisotopic (exact) mass is 291 g/mol. The van der Waals surface area contributed by atoms with Gasteiger partial charge in [0.1, 0.15) is 0 Å². The Labute approximate surface area is 130 Å². The molecule has 2 rings (SSSR count). The minimum atomic E-state index is 0.551. The van der Waals surface area contributed by atoms with E-state index < -0.39 is 0 Å². The lowest BCUT2D eigenvalue weighted by atomic mass is 9.85. The van der Waals surface area contributed by atoms with E-state index in [1.54, 1.807) is 0 Å². The molecule has 1 aromatic rings. The minimum absolute atomic E-state index is 0.551. The summed E-state index contributed by atoms with van der Waals surface area (Å²) >= 11 is 0. The van der Waals surface area contributed by atoms with Gasteiger partial charge < -0.3 is 5.32 Å². The fraction of sp³-hybridized carbons (Fsp3) is 0.833. The van der Waals surface area contributed by atoms with Crippen LogP contribution in [0.25, 0.3) is 0 Å². The van der Waals surface area contributed by atoms with Crippen molar-refractivity contribution in [2.75, 3.05) is 6.54 Å². The van der Waals surface area contributed by atoms with Crippen LogP contribution in [0.1, 0.15) is 71.5 Å². The highest BCUT2D eigenvalue weighted by atomic mass is 15.3. The van der Waals surface area contributed by atoms with Crippen molar-refractivity contribution in [3.05, 3.63) is 18.0 Å². The van der Waals surface area contributed by atoms with E-state index in [1.165, 1.54) is 37.8 Å². The van der Waals surface area contributed by atoms with E-state index in [9.17, 15) is 0 Å². The average molecular weight is 291 g/mol. The maximum absolute atomic E-state index is 4.89. The molecule has 0 radical (unpaired) electrons. The van der Waals surface area contributed by atoms with Gasteiger partial charge in [-0.2, -0.15) is 5.10 Å². The third kappa shape index (κ3) is 4.57. The molecule has 120 valence electrons. The van der Waals surface area contributed by atoms with Crippen LogP contribution in [0.15, 0.2) is 12.3 Å². The molecule has 0 aliphatic heterocycles. The molecule has 2 atom stereocenters. The molecule has 0 saturated heterocycles. The van der Waals surface area contributed by atoms with Gasteiger partial charge in [0.05, 0.1) is 11.7 Å². The maximum atomic E-state index is 4.89. The van der Waals surface area contributed by atoms with Crippen LogP contribution in [0.4, 0.5) is 0 Å². The Kier molecular flexibility index (Phi) is 6.28. The van der Waals surface area contributed by atoms with Crippen molar-refractivity contribution >= 4 is 0 Å². The fourth-order valence-corrected chi connectivity index (χ4v) is 3.74. The summed E-state index contributed by atoms with van der Waals surface area (Å²) in [6.45, 7) is 10.2. The molecule has 0 bridgehead atoms. The van der Waals surface area contributed by atoms with Crippen LogP contribution < -0.4 is 5.32 Å². The van der Waals surface area contributed by atoms with Crippen LogP contribution in [-0.2, 0) is 6.42 Å². The molecule has 1 aromatic heterocycles. The maximum Gasteiger partial charge on any atom is 0.0628 e. The third-order valence-corrected chi connectivity index (χ3v) is 5.08. The first-order chi connectivity index (χ1) is 10.1. The molecular formula is C18H33N3. The standard InChI is InChI=1S/C18H33N3/c1-5-19-15(4)18(14(2)3)13-16-11-12-21(20-16)17-9-7-6-8-10-17/h11-12,14-15,17-19H,5-10,13H2,1-4H3. The van der Waals surface area contributed by atoms with Crippen molar-refractivity contribution in [1.82, 2.24) is 15.1 Å². The molecule has 1 aliphatic rings. The number of hydrogen-bond donors (Lipinski definition) is 1. The van der Waals surface area contributed by atoms with Gasteiger partial charge in [-0.15, -0.1) is 0 Å². The molecule has 1 aliphatic carbocycles. The number of hydrogen-bond acceptors (Lipinski definition) is 2. The van der Waals surface area contributed by atoms with Gasteiger partial charge in [-0.05, 0) is 50.6 Å². The highest BCUT2D eigenvalue weighted by Gasteiger charge is 2.22. The number of aromatic nitrogens is 2. The lowest BCUT2D eigenvalue weighted by Crippen LogP contribution is -2.37. The summed E-state index contributed by atoms with van der Waals surface area (Å²) in [5.41, 5.74) is 1.27. The molecule has 3 heteroatoms. The van der Waals surface area contributed by atoms with Gasteiger partial charge in [0.2, 0.25) is 0 Å². The minimum Gasteiger partial charge on any atom is -0.314 e. The first-order valence-electron chi connectivity index (χ1n) is 8.89. The summed E-state index contributed by atoms with van der Waals surface area (Å²) in [5.74, 6) is 1.33. The van der Waals surface area contributed by atoms with Crippen LogP contribution in [0.5, 0.6) is 0 Å². The first-order valence-corrected chi connectivity index (χ1v) is 8.89. The Balaban J connectivity index is 1.99. The lowest BCUT2D eigenvalue weighted by molar-refractivity contribution is 0.286. The molecule has 1 heterocycles. The molecule has 3 nitrogen and oxygen atoms in total. The lowest BCUT2D eigenvalue weighted by Gasteiger charge is -2.27. The van der Waals surface area contributed by atoms with Crippen molar-refractivity contribution in [2.45, 2.75) is 78.3 Å². The van der Waals surface area contributed by atoms with Gasteiger partial charge in [-0.25, -0.2) is 0 Å². The zero-order chi connectivity index (χ0) is 15.2. The van der Waals surface area contributed by atoms with E-state index in [4.69, 9.17) is 5.10 Å². The summed E-state index contributed by atoms with van der Waals surface area (Å²) in [5, 5.41) is 8.47. The van der Waals surface area contributed by atoms with Gasteiger partial charge in [0.25, 0.3) is 0 Å². The molecule has 0 amide bonds. The molecule has 1 N–H and O–H groups in total. The zero-order valence-electron chi connectivity index (χ0n) is 14.3. The van der Waals surface area contributed by atoms with Crippen LogP contribution in [0.3, 0.4) is 0 Å². The first kappa shape index (κ1) is 16.5. The Hall–Kier alpha value is -0.830. The second-order valence-corrected chi connectivity index (χ2v) is 7.04. The predicted molar refractivity (Wildman–Crippen MR) is 89.5 cm³/mol. The van der Waals surface area contributed by atoms with Crippen molar-refractivity contribution in [3.63, 3.8) is 0 Å². The largest absolute Gasteiger partial charge is 0.314 e. The van der Waals surface area contributed by atoms with Gasteiger partial charge in [-0.3, -0.25) is 4.68 Å². The molecular weight excluding hydrogens is 258 g/mol. The number of nitrogens with one attached hydrogen (secondary N) is 1. The van der Waals surface area contributed by atoms with Crippen LogP contribution in [0, 0.1) is 11.8 Å². The van der Waals surface area contributed by atoms with E-state index in [-0.39, 0.29) is 0 Å². The average Bonchev–Trinajstić information content (AvgIpc) is 2.94. The Morgan fingerprint density at radius 2 is 1.95 bits per heavy atom. The Bertz CT molecular complexity index is 404. The van der Waals surface area contributed by atoms with Crippen molar-refractivity contribution in [2.24, 2.45) is 11.8 Å². The third-order valence-electron chi connectivity index (χ3n) is 5.08. The molecule has 0 spiro atoms. The second-order valence-electron chi connectivity index (χ2n) is 7.04. The Morgan fingerprint density at radius 1 is 1.24 bits per heavy atom. The highest BCUT2D eigenvalue weighted by Crippen LogP contribution is 2.28. The van der Waals surface area contributed by atoms with Gasteiger partial charge >= 0.3 is 0 Å². The topological polar surface area (TPSA) is 29.9 Å². The quantitative estimate of drug-likeness (QED) is 0.816. The smallest absolute Gasteiger partial charge is 0.0628 e. The molecule has 2 unspecified atom stereocenters.